The Hall–Kier alpha value is -1.30. The van der Waals surface area contributed by atoms with Crippen LogP contribution in [0.3, 0.4) is 0 Å². The normalized spacial score (nSPS) is 13.9. The summed E-state index contributed by atoms with van der Waals surface area (Å²) in [7, 11) is 0. The number of hydrogen-bond acceptors (Lipinski definition) is 3. The van der Waals surface area contributed by atoms with Gasteiger partial charge in [-0.15, -0.1) is 0 Å². The van der Waals surface area contributed by atoms with Crippen LogP contribution in [-0.2, 0) is 9.53 Å². The largest absolute Gasteiger partial charge is 0.480 e. The number of hydrogen-bond donors (Lipinski definition) is 3. The van der Waals surface area contributed by atoms with Crippen LogP contribution in [-0.4, -0.2) is 42.4 Å². The number of ether oxygens (including phenoxy) is 1. The summed E-state index contributed by atoms with van der Waals surface area (Å²) in [4.78, 5) is 21.9. The highest BCUT2D eigenvalue weighted by Crippen LogP contribution is 1.91. The van der Waals surface area contributed by atoms with Crippen LogP contribution >= 0.6 is 0 Å². The highest BCUT2D eigenvalue weighted by Gasteiger charge is 2.17. The zero-order valence-corrected chi connectivity index (χ0v) is 9.95. The molecule has 0 aromatic rings. The van der Waals surface area contributed by atoms with E-state index in [1.807, 2.05) is 13.8 Å². The van der Waals surface area contributed by atoms with Crippen LogP contribution < -0.4 is 10.6 Å². The second-order valence-corrected chi connectivity index (χ2v) is 3.42. The van der Waals surface area contributed by atoms with Gasteiger partial charge in [0.05, 0.1) is 6.10 Å². The van der Waals surface area contributed by atoms with Crippen LogP contribution in [0.4, 0.5) is 4.79 Å². The van der Waals surface area contributed by atoms with Crippen LogP contribution in [0.25, 0.3) is 0 Å². The minimum atomic E-state index is -1.03. The summed E-state index contributed by atoms with van der Waals surface area (Å²) < 4.78 is 5.21. The summed E-state index contributed by atoms with van der Waals surface area (Å²) in [6.07, 6.45) is 0.268. The zero-order valence-electron chi connectivity index (χ0n) is 9.95. The fourth-order valence-electron chi connectivity index (χ4n) is 1.13. The molecule has 6 nitrogen and oxygen atoms in total. The number of rotatable bonds is 7. The van der Waals surface area contributed by atoms with Crippen molar-refractivity contribution in [1.29, 1.82) is 0 Å². The average Bonchev–Trinajstić information content (AvgIpc) is 2.23. The van der Waals surface area contributed by atoms with Crippen molar-refractivity contribution < 1.29 is 19.4 Å². The van der Waals surface area contributed by atoms with E-state index in [0.717, 1.165) is 0 Å². The molecule has 0 aromatic carbocycles. The maximum atomic E-state index is 11.3. The molecule has 3 N–H and O–H groups in total. The van der Waals surface area contributed by atoms with Gasteiger partial charge >= 0.3 is 12.0 Å². The maximum Gasteiger partial charge on any atom is 0.326 e. The molecular weight excluding hydrogens is 212 g/mol. The minimum absolute atomic E-state index is 0.0827. The summed E-state index contributed by atoms with van der Waals surface area (Å²) in [5.74, 6) is -1.03. The molecule has 16 heavy (non-hydrogen) atoms. The molecule has 0 bridgehead atoms. The summed E-state index contributed by atoms with van der Waals surface area (Å²) in [6, 6.07) is -1.33. The number of urea groups is 1. The van der Waals surface area contributed by atoms with E-state index < -0.39 is 18.0 Å². The van der Waals surface area contributed by atoms with Crippen molar-refractivity contribution in [2.75, 3.05) is 13.2 Å². The van der Waals surface area contributed by atoms with Gasteiger partial charge in [-0.2, -0.15) is 0 Å². The lowest BCUT2D eigenvalue weighted by Gasteiger charge is -2.15. The van der Waals surface area contributed by atoms with Gasteiger partial charge in [0.25, 0.3) is 0 Å². The van der Waals surface area contributed by atoms with Crippen molar-refractivity contribution in [3.63, 3.8) is 0 Å². The molecule has 0 aliphatic carbocycles. The molecule has 0 rings (SSSR count). The lowest BCUT2D eigenvalue weighted by Crippen LogP contribution is -2.47. The van der Waals surface area contributed by atoms with Gasteiger partial charge in [-0.1, -0.05) is 6.92 Å². The third-order valence-corrected chi connectivity index (χ3v) is 2.01. The van der Waals surface area contributed by atoms with Crippen molar-refractivity contribution in [3.8, 4) is 0 Å². The Morgan fingerprint density at radius 2 is 2.00 bits per heavy atom. The number of amides is 2. The third kappa shape index (κ3) is 6.23. The second kappa shape index (κ2) is 7.92. The molecule has 94 valence electrons. The van der Waals surface area contributed by atoms with Gasteiger partial charge in [-0.05, 0) is 20.3 Å². The molecule has 0 saturated carbocycles. The molecule has 2 unspecified atom stereocenters. The SMILES string of the molecule is CCOC(C)CNC(=O)NC(CC)C(=O)O. The van der Waals surface area contributed by atoms with Gasteiger partial charge in [0.15, 0.2) is 0 Å². The van der Waals surface area contributed by atoms with Gasteiger partial charge in [-0.3, -0.25) is 0 Å². The Morgan fingerprint density at radius 1 is 1.38 bits per heavy atom. The molecule has 0 saturated heterocycles. The van der Waals surface area contributed by atoms with E-state index in [9.17, 15) is 9.59 Å². The van der Waals surface area contributed by atoms with E-state index in [0.29, 0.717) is 19.6 Å². The molecule has 2 amide bonds. The molecule has 2 atom stereocenters. The van der Waals surface area contributed by atoms with Gasteiger partial charge in [-0.25, -0.2) is 9.59 Å². The second-order valence-electron chi connectivity index (χ2n) is 3.42. The first-order valence-corrected chi connectivity index (χ1v) is 5.40. The standard InChI is InChI=1S/C10H20N2O4/c1-4-8(9(13)14)12-10(15)11-6-7(3)16-5-2/h7-8H,4-6H2,1-3H3,(H,13,14)(H2,11,12,15). The minimum Gasteiger partial charge on any atom is -0.480 e. The highest BCUT2D eigenvalue weighted by atomic mass is 16.5. The molecule has 0 aromatic heterocycles. The molecule has 0 aliphatic rings. The Labute approximate surface area is 95.4 Å². The van der Waals surface area contributed by atoms with Crippen LogP contribution in [0.1, 0.15) is 27.2 Å². The molecule has 0 radical (unpaired) electrons. The number of carboxylic acid groups (broad SMARTS) is 1. The number of nitrogens with one attached hydrogen (secondary N) is 2. The smallest absolute Gasteiger partial charge is 0.326 e. The van der Waals surface area contributed by atoms with E-state index in [-0.39, 0.29) is 6.10 Å². The van der Waals surface area contributed by atoms with Crippen molar-refractivity contribution in [3.05, 3.63) is 0 Å². The van der Waals surface area contributed by atoms with Crippen LogP contribution in [0.15, 0.2) is 0 Å². The molecule has 0 aliphatic heterocycles. The predicted molar refractivity (Wildman–Crippen MR) is 59.3 cm³/mol. The highest BCUT2D eigenvalue weighted by molar-refractivity contribution is 5.82. The van der Waals surface area contributed by atoms with Gasteiger partial charge in [0, 0.05) is 13.2 Å². The first kappa shape index (κ1) is 14.7. The summed E-state index contributed by atoms with van der Waals surface area (Å²) in [5.41, 5.74) is 0. The zero-order chi connectivity index (χ0) is 12.6. The average molecular weight is 232 g/mol. The van der Waals surface area contributed by atoms with Gasteiger partial charge in [0.1, 0.15) is 6.04 Å². The van der Waals surface area contributed by atoms with Gasteiger partial charge in [0.2, 0.25) is 0 Å². The summed E-state index contributed by atoms with van der Waals surface area (Å²) in [6.45, 7) is 6.33. The summed E-state index contributed by atoms with van der Waals surface area (Å²) in [5, 5.41) is 13.6. The Kier molecular flexibility index (Phi) is 7.28. The molecule has 0 spiro atoms. The van der Waals surface area contributed by atoms with Crippen molar-refractivity contribution in [1.82, 2.24) is 10.6 Å². The number of carbonyl (C=O) groups is 2. The first-order chi connectivity index (χ1) is 7.51. The number of carbonyl (C=O) groups excluding carboxylic acids is 1. The van der Waals surface area contributed by atoms with Crippen molar-refractivity contribution in [2.45, 2.75) is 39.3 Å². The van der Waals surface area contributed by atoms with Crippen LogP contribution in [0, 0.1) is 0 Å². The molecular formula is C10H20N2O4. The van der Waals surface area contributed by atoms with Crippen LogP contribution in [0.2, 0.25) is 0 Å². The molecule has 6 heteroatoms. The monoisotopic (exact) mass is 232 g/mol. The Morgan fingerprint density at radius 3 is 2.44 bits per heavy atom. The van der Waals surface area contributed by atoms with E-state index in [1.165, 1.54) is 0 Å². The Bertz CT molecular complexity index is 233. The van der Waals surface area contributed by atoms with Crippen molar-refractivity contribution in [2.24, 2.45) is 0 Å². The fourth-order valence-corrected chi connectivity index (χ4v) is 1.13. The third-order valence-electron chi connectivity index (χ3n) is 2.01. The predicted octanol–water partition coefficient (Wildman–Crippen LogP) is 0.574. The van der Waals surface area contributed by atoms with Crippen molar-refractivity contribution >= 4 is 12.0 Å². The van der Waals surface area contributed by atoms with Gasteiger partial charge < -0.3 is 20.5 Å². The Balaban J connectivity index is 3.85. The van der Waals surface area contributed by atoms with E-state index >= 15 is 0 Å². The van der Waals surface area contributed by atoms with E-state index in [4.69, 9.17) is 9.84 Å². The molecule has 0 fully saturated rings. The van der Waals surface area contributed by atoms with E-state index in [1.54, 1.807) is 6.92 Å². The quantitative estimate of drug-likeness (QED) is 0.599. The molecule has 0 heterocycles. The topological polar surface area (TPSA) is 87.7 Å². The van der Waals surface area contributed by atoms with E-state index in [2.05, 4.69) is 10.6 Å². The fraction of sp³-hybridized carbons (Fsp3) is 0.800. The maximum absolute atomic E-state index is 11.3. The lowest BCUT2D eigenvalue weighted by molar-refractivity contribution is -0.139. The lowest BCUT2D eigenvalue weighted by atomic mass is 10.2. The summed E-state index contributed by atoms with van der Waals surface area (Å²) >= 11 is 0. The number of carboxylic acids is 1. The number of aliphatic carboxylic acids is 1. The van der Waals surface area contributed by atoms with Crippen LogP contribution in [0.5, 0.6) is 0 Å². The first-order valence-electron chi connectivity index (χ1n) is 5.40.